The van der Waals surface area contributed by atoms with Gasteiger partial charge in [0.1, 0.15) is 5.56 Å². The molecule has 0 unspecified atom stereocenters. The third kappa shape index (κ3) is 3.97. The molecule has 0 aliphatic carbocycles. The SMILES string of the molecule is COc1ccc(C(=O)NCCCc2cnn(C)c2)c(OC)n1. The van der Waals surface area contributed by atoms with Gasteiger partial charge in [-0.2, -0.15) is 10.1 Å². The van der Waals surface area contributed by atoms with Gasteiger partial charge in [0.2, 0.25) is 11.8 Å². The lowest BCUT2D eigenvalue weighted by Gasteiger charge is -2.09. The largest absolute Gasteiger partial charge is 0.481 e. The first-order chi connectivity index (χ1) is 10.6. The van der Waals surface area contributed by atoms with Crippen LogP contribution in [0, 0.1) is 0 Å². The smallest absolute Gasteiger partial charge is 0.256 e. The van der Waals surface area contributed by atoms with E-state index in [0.29, 0.717) is 18.0 Å². The second kappa shape index (κ2) is 7.44. The third-order valence-corrected chi connectivity index (χ3v) is 3.17. The van der Waals surface area contributed by atoms with Crippen LogP contribution in [0.1, 0.15) is 22.3 Å². The van der Waals surface area contributed by atoms with Gasteiger partial charge < -0.3 is 14.8 Å². The topological polar surface area (TPSA) is 78.3 Å². The molecule has 118 valence electrons. The lowest BCUT2D eigenvalue weighted by Crippen LogP contribution is -2.25. The van der Waals surface area contributed by atoms with Gasteiger partial charge in [0, 0.05) is 25.9 Å². The van der Waals surface area contributed by atoms with Gasteiger partial charge in [0.15, 0.2) is 0 Å². The van der Waals surface area contributed by atoms with E-state index >= 15 is 0 Å². The Kier molecular flexibility index (Phi) is 5.35. The Labute approximate surface area is 129 Å². The zero-order valence-corrected chi connectivity index (χ0v) is 13.0. The van der Waals surface area contributed by atoms with Gasteiger partial charge in [-0.3, -0.25) is 9.48 Å². The molecule has 0 aliphatic heterocycles. The number of hydrogen-bond acceptors (Lipinski definition) is 5. The highest BCUT2D eigenvalue weighted by atomic mass is 16.5. The Balaban J connectivity index is 1.86. The second-order valence-corrected chi connectivity index (χ2v) is 4.79. The number of methoxy groups -OCH3 is 2. The zero-order valence-electron chi connectivity index (χ0n) is 13.0. The van der Waals surface area contributed by atoms with Crippen molar-refractivity contribution in [1.82, 2.24) is 20.1 Å². The molecule has 22 heavy (non-hydrogen) atoms. The minimum atomic E-state index is -0.210. The average molecular weight is 304 g/mol. The predicted molar refractivity (Wildman–Crippen MR) is 81.2 cm³/mol. The van der Waals surface area contributed by atoms with Crippen LogP contribution in [0.4, 0.5) is 0 Å². The number of carbonyl (C=O) groups is 1. The quantitative estimate of drug-likeness (QED) is 0.778. The molecule has 0 saturated carbocycles. The Morgan fingerprint density at radius 2 is 2.14 bits per heavy atom. The maximum atomic E-state index is 12.2. The molecule has 0 fully saturated rings. The van der Waals surface area contributed by atoms with Crippen molar-refractivity contribution in [3.8, 4) is 11.8 Å². The number of aromatic nitrogens is 3. The lowest BCUT2D eigenvalue weighted by molar-refractivity contribution is 0.0949. The third-order valence-electron chi connectivity index (χ3n) is 3.17. The molecule has 2 aromatic heterocycles. The van der Waals surface area contributed by atoms with E-state index in [-0.39, 0.29) is 11.8 Å². The van der Waals surface area contributed by atoms with Crippen molar-refractivity contribution in [2.75, 3.05) is 20.8 Å². The van der Waals surface area contributed by atoms with Gasteiger partial charge in [-0.15, -0.1) is 0 Å². The summed E-state index contributed by atoms with van der Waals surface area (Å²) in [5.41, 5.74) is 1.55. The molecule has 0 spiro atoms. The van der Waals surface area contributed by atoms with Crippen molar-refractivity contribution in [3.05, 3.63) is 35.7 Å². The van der Waals surface area contributed by atoms with Crippen LogP contribution in [0.2, 0.25) is 0 Å². The van der Waals surface area contributed by atoms with Crippen LogP contribution in [-0.4, -0.2) is 41.4 Å². The van der Waals surface area contributed by atoms with Gasteiger partial charge in [-0.1, -0.05) is 0 Å². The summed E-state index contributed by atoms with van der Waals surface area (Å²) in [5, 5.41) is 6.97. The van der Waals surface area contributed by atoms with Gasteiger partial charge in [0.25, 0.3) is 5.91 Å². The molecule has 1 amide bonds. The van der Waals surface area contributed by atoms with Crippen LogP contribution in [0.25, 0.3) is 0 Å². The normalized spacial score (nSPS) is 10.3. The molecule has 0 saturated heterocycles. The fourth-order valence-electron chi connectivity index (χ4n) is 2.06. The number of nitrogens with one attached hydrogen (secondary N) is 1. The number of rotatable bonds is 7. The number of ether oxygens (including phenoxy) is 2. The summed E-state index contributed by atoms with van der Waals surface area (Å²) in [7, 11) is 4.87. The molecule has 1 N–H and O–H groups in total. The molecule has 2 aromatic rings. The summed E-state index contributed by atoms with van der Waals surface area (Å²) >= 11 is 0. The highest BCUT2D eigenvalue weighted by molar-refractivity contribution is 5.96. The summed E-state index contributed by atoms with van der Waals surface area (Å²) in [6.07, 6.45) is 5.51. The predicted octanol–water partition coefficient (Wildman–Crippen LogP) is 1.19. The molecule has 2 rings (SSSR count). The molecule has 7 heteroatoms. The molecule has 0 aromatic carbocycles. The molecule has 0 bridgehead atoms. The van der Waals surface area contributed by atoms with Crippen LogP contribution in [-0.2, 0) is 13.5 Å². The minimum Gasteiger partial charge on any atom is -0.481 e. The Morgan fingerprint density at radius 3 is 2.77 bits per heavy atom. The van der Waals surface area contributed by atoms with Crippen LogP contribution in [0.3, 0.4) is 0 Å². The number of nitrogens with zero attached hydrogens (tertiary/aromatic N) is 3. The summed E-state index contributed by atoms with van der Waals surface area (Å²) < 4.78 is 11.9. The number of hydrogen-bond donors (Lipinski definition) is 1. The van der Waals surface area contributed by atoms with Crippen molar-refractivity contribution in [2.45, 2.75) is 12.8 Å². The van der Waals surface area contributed by atoms with Crippen LogP contribution in [0.5, 0.6) is 11.8 Å². The summed E-state index contributed by atoms with van der Waals surface area (Å²) in [5.74, 6) is 0.451. The van der Waals surface area contributed by atoms with Crippen molar-refractivity contribution in [2.24, 2.45) is 7.05 Å². The van der Waals surface area contributed by atoms with Crippen molar-refractivity contribution in [3.63, 3.8) is 0 Å². The van der Waals surface area contributed by atoms with Crippen LogP contribution in [0.15, 0.2) is 24.5 Å². The maximum Gasteiger partial charge on any atom is 0.256 e. The van der Waals surface area contributed by atoms with Crippen LogP contribution < -0.4 is 14.8 Å². The molecule has 0 aliphatic rings. The van der Waals surface area contributed by atoms with Gasteiger partial charge in [0.05, 0.1) is 20.4 Å². The number of pyridine rings is 1. The van der Waals surface area contributed by atoms with E-state index in [4.69, 9.17) is 9.47 Å². The Bertz CT molecular complexity index is 639. The van der Waals surface area contributed by atoms with Crippen molar-refractivity contribution in [1.29, 1.82) is 0 Å². The molecule has 2 heterocycles. The van der Waals surface area contributed by atoms with E-state index in [2.05, 4.69) is 15.4 Å². The van der Waals surface area contributed by atoms with Crippen molar-refractivity contribution >= 4 is 5.91 Å². The molecular weight excluding hydrogens is 284 g/mol. The average Bonchev–Trinajstić information content (AvgIpc) is 2.96. The fraction of sp³-hybridized carbons (Fsp3) is 0.400. The molecule has 0 radical (unpaired) electrons. The highest BCUT2D eigenvalue weighted by Crippen LogP contribution is 2.19. The summed E-state index contributed by atoms with van der Waals surface area (Å²) in [6, 6.07) is 3.27. The first-order valence-corrected chi connectivity index (χ1v) is 6.98. The lowest BCUT2D eigenvalue weighted by atomic mass is 10.2. The first kappa shape index (κ1) is 15.8. The molecule has 7 nitrogen and oxygen atoms in total. The fourth-order valence-corrected chi connectivity index (χ4v) is 2.06. The standard InChI is InChI=1S/C15H20N4O3/c1-19-10-11(9-17-19)5-4-8-16-14(20)12-6-7-13(21-2)18-15(12)22-3/h6-7,9-10H,4-5,8H2,1-3H3,(H,16,20). The van der Waals surface area contributed by atoms with Gasteiger partial charge >= 0.3 is 0 Å². The molecular formula is C15H20N4O3. The van der Waals surface area contributed by atoms with Gasteiger partial charge in [-0.05, 0) is 24.5 Å². The number of carbonyl (C=O) groups excluding carboxylic acids is 1. The van der Waals surface area contributed by atoms with Gasteiger partial charge in [-0.25, -0.2) is 0 Å². The zero-order chi connectivity index (χ0) is 15.9. The van der Waals surface area contributed by atoms with Crippen molar-refractivity contribution < 1.29 is 14.3 Å². The highest BCUT2D eigenvalue weighted by Gasteiger charge is 2.14. The minimum absolute atomic E-state index is 0.210. The second-order valence-electron chi connectivity index (χ2n) is 4.79. The van der Waals surface area contributed by atoms with E-state index in [1.807, 2.05) is 19.4 Å². The van der Waals surface area contributed by atoms with E-state index in [1.165, 1.54) is 14.2 Å². The Hall–Kier alpha value is -2.57. The summed E-state index contributed by atoms with van der Waals surface area (Å²) in [4.78, 5) is 16.2. The van der Waals surface area contributed by atoms with E-state index < -0.39 is 0 Å². The van der Waals surface area contributed by atoms with E-state index in [9.17, 15) is 4.79 Å². The first-order valence-electron chi connectivity index (χ1n) is 6.98. The maximum absolute atomic E-state index is 12.2. The molecule has 0 atom stereocenters. The van der Waals surface area contributed by atoms with Crippen LogP contribution >= 0.6 is 0 Å². The monoisotopic (exact) mass is 304 g/mol. The number of amides is 1. The van der Waals surface area contributed by atoms with E-state index in [0.717, 1.165) is 18.4 Å². The number of aryl methyl sites for hydroxylation is 2. The summed E-state index contributed by atoms with van der Waals surface area (Å²) in [6.45, 7) is 0.572. The van der Waals surface area contributed by atoms with E-state index in [1.54, 1.807) is 16.8 Å². The Morgan fingerprint density at radius 1 is 1.32 bits per heavy atom.